The molecule has 1 aromatic carbocycles. The number of allylic oxidation sites excluding steroid dienone is 2. The van der Waals surface area contributed by atoms with Crippen molar-refractivity contribution in [1.82, 2.24) is 43.8 Å². The van der Waals surface area contributed by atoms with E-state index < -0.39 is 29.7 Å². The SMILES string of the molecule is CCN(CCNc1c(C)n(CC(=O)Nc2ccc(C(F)(F)CC)cc2Cl)c2nc(C3=CC=C4C(C3)N(C)C(=O)N4C)nn2c1=O)C(=O)c1ncnc(C)c1O. The Kier molecular flexibility index (Phi) is 10.6. The average molecular weight is 780 g/mol. The van der Waals surface area contributed by atoms with E-state index in [-0.39, 0.29) is 89.0 Å². The van der Waals surface area contributed by atoms with Crippen LogP contribution in [0.2, 0.25) is 5.02 Å². The largest absolute Gasteiger partial charge is 0.504 e. The molecule has 6 rings (SSSR count). The van der Waals surface area contributed by atoms with Crippen molar-refractivity contribution >= 4 is 52.2 Å². The summed E-state index contributed by atoms with van der Waals surface area (Å²) < 4.78 is 31.2. The number of aromatic hydroxyl groups is 1. The number of carbonyl (C=O) groups is 3. The molecule has 1 atom stereocenters. The van der Waals surface area contributed by atoms with Gasteiger partial charge in [0.1, 0.15) is 18.6 Å². The first-order valence-corrected chi connectivity index (χ1v) is 17.9. The molecule has 3 N–H and O–H groups in total. The number of likely N-dealkylation sites (N-methyl/N-ethyl adjacent to an activating group) is 3. The highest BCUT2D eigenvalue weighted by Crippen LogP contribution is 2.36. The number of nitrogens with zero attached hydrogens (tertiary/aromatic N) is 9. The maximum absolute atomic E-state index is 14.3. The van der Waals surface area contributed by atoms with Crippen LogP contribution in [0.25, 0.3) is 11.4 Å². The van der Waals surface area contributed by atoms with E-state index in [9.17, 15) is 33.1 Å². The van der Waals surface area contributed by atoms with Crippen LogP contribution in [0.1, 0.15) is 60.0 Å². The first-order chi connectivity index (χ1) is 26.1. The van der Waals surface area contributed by atoms with Crippen LogP contribution in [-0.2, 0) is 17.3 Å². The predicted octanol–water partition coefficient (Wildman–Crippen LogP) is 4.41. The van der Waals surface area contributed by atoms with Gasteiger partial charge in [-0.3, -0.25) is 19.3 Å². The monoisotopic (exact) mass is 779 g/mol. The summed E-state index contributed by atoms with van der Waals surface area (Å²) in [5.74, 6) is -4.28. The Morgan fingerprint density at radius 3 is 2.56 bits per heavy atom. The second-order valence-corrected chi connectivity index (χ2v) is 13.6. The minimum atomic E-state index is -3.10. The van der Waals surface area contributed by atoms with Gasteiger partial charge in [0, 0.05) is 69.1 Å². The lowest BCUT2D eigenvalue weighted by molar-refractivity contribution is -0.116. The quantitative estimate of drug-likeness (QED) is 0.186. The molecule has 0 bridgehead atoms. The molecule has 4 aromatic rings. The van der Waals surface area contributed by atoms with Crippen molar-refractivity contribution < 1.29 is 28.3 Å². The minimum Gasteiger partial charge on any atom is -0.504 e. The number of amides is 4. The number of nitrogens with one attached hydrogen (secondary N) is 2. The lowest BCUT2D eigenvalue weighted by atomic mass is 9.97. The van der Waals surface area contributed by atoms with E-state index in [1.807, 2.05) is 6.08 Å². The van der Waals surface area contributed by atoms with Gasteiger partial charge in [0.05, 0.1) is 22.4 Å². The van der Waals surface area contributed by atoms with Gasteiger partial charge in [0.15, 0.2) is 17.3 Å². The Balaban J connectivity index is 1.33. The van der Waals surface area contributed by atoms with Crippen LogP contribution in [0.5, 0.6) is 5.75 Å². The highest BCUT2D eigenvalue weighted by atomic mass is 35.5. The Morgan fingerprint density at radius 2 is 1.87 bits per heavy atom. The van der Waals surface area contributed by atoms with E-state index >= 15 is 0 Å². The standard InChI is InChI=1S/C36H40ClF2N11O5/c1-7-36(38,39)22-10-11-24(23(37)16-22)43-27(51)17-49-20(4)28(40-13-14-48(8-2)32(53)29-30(52)19(3)41-18-42-29)33(54)50-34(49)44-31(45-50)21-9-12-25-26(15-21)47(6)35(55)46(25)5/h9-12,16,18,26,40,52H,7-8,13-15,17H2,1-6H3,(H,43,51). The maximum atomic E-state index is 14.3. The molecule has 55 heavy (non-hydrogen) atoms. The van der Waals surface area contributed by atoms with Crippen molar-refractivity contribution in [3.8, 4) is 5.75 Å². The van der Waals surface area contributed by atoms with Crippen LogP contribution >= 0.6 is 11.6 Å². The number of hydrogen-bond donors (Lipinski definition) is 3. The van der Waals surface area contributed by atoms with Crippen LogP contribution in [0.4, 0.5) is 25.0 Å². The maximum Gasteiger partial charge on any atom is 0.324 e. The van der Waals surface area contributed by atoms with Crippen molar-refractivity contribution in [2.45, 2.75) is 59.0 Å². The number of aryl methyl sites for hydroxylation is 1. The van der Waals surface area contributed by atoms with E-state index in [1.165, 1.54) is 34.9 Å². The van der Waals surface area contributed by atoms with E-state index in [1.54, 1.807) is 50.7 Å². The molecule has 1 aliphatic heterocycles. The smallest absolute Gasteiger partial charge is 0.324 e. The molecule has 1 aliphatic carbocycles. The highest BCUT2D eigenvalue weighted by Gasteiger charge is 2.39. The number of fused-ring (bicyclic) bond motifs is 2. The molecule has 3 aromatic heterocycles. The lowest BCUT2D eigenvalue weighted by Crippen LogP contribution is -2.36. The summed E-state index contributed by atoms with van der Waals surface area (Å²) >= 11 is 6.32. The Hall–Kier alpha value is -5.91. The summed E-state index contributed by atoms with van der Waals surface area (Å²) in [6, 6.07) is 3.19. The van der Waals surface area contributed by atoms with Gasteiger partial charge < -0.3 is 30.1 Å². The van der Waals surface area contributed by atoms with Gasteiger partial charge in [-0.15, -0.1) is 5.10 Å². The fourth-order valence-corrected chi connectivity index (χ4v) is 6.79. The summed E-state index contributed by atoms with van der Waals surface area (Å²) in [5, 5.41) is 20.6. The zero-order chi connectivity index (χ0) is 39.9. The van der Waals surface area contributed by atoms with Crippen LogP contribution in [-0.4, -0.2) is 107 Å². The summed E-state index contributed by atoms with van der Waals surface area (Å²) in [6.45, 7) is 6.35. The van der Waals surface area contributed by atoms with Crippen molar-refractivity contribution in [3.63, 3.8) is 0 Å². The van der Waals surface area contributed by atoms with Crippen molar-refractivity contribution in [2.75, 3.05) is 44.4 Å². The summed E-state index contributed by atoms with van der Waals surface area (Å²) in [7, 11) is 3.40. The topological polar surface area (TPSA) is 183 Å². The second-order valence-electron chi connectivity index (χ2n) is 13.2. The first kappa shape index (κ1) is 38.8. The Labute approximate surface area is 319 Å². The lowest BCUT2D eigenvalue weighted by Gasteiger charge is -2.22. The van der Waals surface area contributed by atoms with Gasteiger partial charge in [0.25, 0.3) is 17.4 Å². The minimum absolute atomic E-state index is 0.0471. The number of rotatable bonds is 12. The molecule has 2 aliphatic rings. The molecule has 4 amide bonds. The molecular formula is C36H40ClF2N11O5. The van der Waals surface area contributed by atoms with Crippen LogP contribution in [0, 0.1) is 13.8 Å². The number of carbonyl (C=O) groups excluding carboxylic acids is 3. The van der Waals surface area contributed by atoms with E-state index in [0.717, 1.165) is 16.3 Å². The predicted molar refractivity (Wildman–Crippen MR) is 200 cm³/mol. The number of hydrogen-bond acceptors (Lipinski definition) is 10. The van der Waals surface area contributed by atoms with Crippen LogP contribution in [0.3, 0.4) is 0 Å². The molecule has 0 spiro atoms. The molecule has 290 valence electrons. The number of urea groups is 1. The first-order valence-electron chi connectivity index (χ1n) is 17.5. The molecule has 4 heterocycles. The molecular weight excluding hydrogens is 740 g/mol. The highest BCUT2D eigenvalue weighted by molar-refractivity contribution is 6.33. The third-order valence-electron chi connectivity index (χ3n) is 9.92. The molecule has 0 radical (unpaired) electrons. The third kappa shape index (κ3) is 7.20. The van der Waals surface area contributed by atoms with Crippen LogP contribution < -0.4 is 16.2 Å². The van der Waals surface area contributed by atoms with Crippen LogP contribution in [0.15, 0.2) is 47.2 Å². The normalized spacial score (nSPS) is 15.6. The second kappa shape index (κ2) is 15.1. The number of halogens is 3. The number of aromatic nitrogens is 6. The van der Waals surface area contributed by atoms with Gasteiger partial charge in [-0.1, -0.05) is 30.7 Å². The van der Waals surface area contributed by atoms with E-state index in [0.29, 0.717) is 17.7 Å². The van der Waals surface area contributed by atoms with Gasteiger partial charge in [-0.05, 0) is 39.0 Å². The van der Waals surface area contributed by atoms with Gasteiger partial charge in [-0.2, -0.15) is 9.50 Å². The summed E-state index contributed by atoms with van der Waals surface area (Å²) in [6.07, 6.45) is 4.74. The van der Waals surface area contributed by atoms with Crippen molar-refractivity contribution in [3.05, 3.63) is 86.2 Å². The summed E-state index contributed by atoms with van der Waals surface area (Å²) in [4.78, 5) is 70.6. The third-order valence-corrected chi connectivity index (χ3v) is 10.2. The van der Waals surface area contributed by atoms with Gasteiger partial charge in [-0.25, -0.2) is 23.5 Å². The fourth-order valence-electron chi connectivity index (χ4n) is 6.56. The molecule has 19 heteroatoms. The molecule has 1 unspecified atom stereocenters. The van der Waals surface area contributed by atoms with Crippen molar-refractivity contribution in [1.29, 1.82) is 0 Å². The summed E-state index contributed by atoms with van der Waals surface area (Å²) in [5.41, 5.74) is 1.22. The molecule has 1 saturated heterocycles. The Bertz CT molecular complexity index is 2340. The zero-order valence-corrected chi connectivity index (χ0v) is 31.8. The van der Waals surface area contributed by atoms with Crippen molar-refractivity contribution in [2.24, 2.45) is 0 Å². The number of anilines is 2. The molecule has 0 saturated carbocycles. The Morgan fingerprint density at radius 1 is 1.13 bits per heavy atom. The fraction of sp³-hybridized carbons (Fsp3) is 0.389. The zero-order valence-electron chi connectivity index (χ0n) is 31.0. The average Bonchev–Trinajstić information content (AvgIpc) is 3.70. The molecule has 1 fully saturated rings. The number of alkyl halides is 2. The molecule has 16 nitrogen and oxygen atoms in total. The van der Waals surface area contributed by atoms with E-state index in [4.69, 9.17) is 16.6 Å². The van der Waals surface area contributed by atoms with Gasteiger partial charge in [0.2, 0.25) is 11.7 Å². The van der Waals surface area contributed by atoms with E-state index in [2.05, 4.69) is 25.7 Å². The number of benzene rings is 1. The van der Waals surface area contributed by atoms with Gasteiger partial charge >= 0.3 is 6.03 Å².